The van der Waals surface area contributed by atoms with Crippen molar-refractivity contribution in [1.82, 2.24) is 0 Å². The minimum atomic E-state index is -0.230. The van der Waals surface area contributed by atoms with Crippen LogP contribution >= 0.6 is 0 Å². The molecule has 0 aliphatic heterocycles. The highest BCUT2D eigenvalue weighted by atomic mass is 16.1. The minimum Gasteiger partial charge on any atom is -0.289 e. The second kappa shape index (κ2) is 6.90. The number of fused-ring (bicyclic) bond motifs is 2. The molecule has 0 radical (unpaired) electrons. The maximum absolute atomic E-state index is 13.5. The first-order valence-electron chi connectivity index (χ1n) is 11.4. The second-order valence-corrected chi connectivity index (χ2v) is 11.0. The van der Waals surface area contributed by atoms with Gasteiger partial charge in [-0.1, -0.05) is 102 Å². The van der Waals surface area contributed by atoms with E-state index in [1.54, 1.807) is 0 Å². The summed E-state index contributed by atoms with van der Waals surface area (Å²) in [6.45, 7) is 12.8. The summed E-state index contributed by atoms with van der Waals surface area (Å²) in [6, 6.07) is 21.8. The summed E-state index contributed by atoms with van der Waals surface area (Å²) in [5.74, 6) is 0.178. The molecule has 0 heterocycles. The maximum atomic E-state index is 13.5. The first-order valence-corrected chi connectivity index (χ1v) is 11.4. The Morgan fingerprint density at radius 2 is 1.06 bits per heavy atom. The fraction of sp³-hybridized carbons (Fsp3) is 0.258. The van der Waals surface area contributed by atoms with Crippen molar-refractivity contribution >= 4 is 43.7 Å². The van der Waals surface area contributed by atoms with Gasteiger partial charge in [0.25, 0.3) is 0 Å². The number of ketones is 1. The third kappa shape index (κ3) is 3.11. The number of benzene rings is 4. The van der Waals surface area contributed by atoms with E-state index >= 15 is 0 Å². The average Bonchev–Trinajstić information content (AvgIpc) is 2.73. The van der Waals surface area contributed by atoms with E-state index in [0.29, 0.717) is 0 Å². The first-order chi connectivity index (χ1) is 15.1. The number of carbonyl (C=O) groups excluding carboxylic acids is 1. The molecule has 32 heavy (non-hydrogen) atoms. The van der Waals surface area contributed by atoms with Gasteiger partial charge in [0.1, 0.15) is 0 Å². The van der Waals surface area contributed by atoms with Crippen LogP contribution in [0.1, 0.15) is 41.5 Å². The monoisotopic (exact) mass is 418 g/mol. The Hall–Kier alpha value is -3.19. The highest BCUT2D eigenvalue weighted by molar-refractivity contribution is 6.23. The zero-order valence-corrected chi connectivity index (χ0v) is 19.8. The van der Waals surface area contributed by atoms with Crippen molar-refractivity contribution in [2.75, 3.05) is 0 Å². The Morgan fingerprint density at radius 3 is 1.62 bits per heavy atom. The zero-order chi connectivity index (χ0) is 22.8. The Bertz CT molecular complexity index is 1490. The Balaban J connectivity index is 2.08. The molecule has 1 nitrogen and oxygen atoms in total. The molecule has 4 aromatic rings. The largest absolute Gasteiger partial charge is 0.289 e. The molecule has 5 rings (SSSR count). The quantitative estimate of drug-likeness (QED) is 0.213. The molecule has 0 fully saturated rings. The van der Waals surface area contributed by atoms with Crippen molar-refractivity contribution in [3.05, 3.63) is 89.2 Å². The minimum absolute atomic E-state index is 0.178. The molecule has 0 unspecified atom stereocenters. The van der Waals surface area contributed by atoms with Crippen LogP contribution in [0.15, 0.2) is 84.0 Å². The summed E-state index contributed by atoms with van der Waals surface area (Å²) in [7, 11) is 0. The van der Waals surface area contributed by atoms with Crippen LogP contribution in [0.25, 0.3) is 37.9 Å². The smallest absolute Gasteiger partial charge is 0.186 e. The van der Waals surface area contributed by atoms with Gasteiger partial charge in [-0.05, 0) is 66.1 Å². The summed E-state index contributed by atoms with van der Waals surface area (Å²) in [5.41, 5.74) is 2.44. The maximum Gasteiger partial charge on any atom is 0.186 e. The predicted octanol–water partition coefficient (Wildman–Crippen LogP) is 7.54. The molecular weight excluding hydrogens is 388 g/mol. The fourth-order valence-electron chi connectivity index (χ4n) is 5.05. The van der Waals surface area contributed by atoms with Crippen LogP contribution in [0.4, 0.5) is 0 Å². The Labute approximate surface area is 190 Å². The zero-order valence-electron chi connectivity index (χ0n) is 19.8. The van der Waals surface area contributed by atoms with E-state index in [-0.39, 0.29) is 16.6 Å². The first kappa shape index (κ1) is 20.7. The van der Waals surface area contributed by atoms with E-state index in [2.05, 4.69) is 114 Å². The molecule has 1 aliphatic rings. The number of rotatable bonds is 0. The van der Waals surface area contributed by atoms with Gasteiger partial charge in [-0.3, -0.25) is 4.79 Å². The molecule has 0 atom stereocenters. The second-order valence-electron chi connectivity index (χ2n) is 11.0. The number of hydrogen-bond acceptors (Lipinski definition) is 1. The Morgan fingerprint density at radius 1 is 0.562 bits per heavy atom. The van der Waals surface area contributed by atoms with Crippen LogP contribution < -0.4 is 5.22 Å². The molecule has 0 bridgehead atoms. The molecule has 160 valence electrons. The number of allylic oxidation sites excluding steroid dienone is 4. The van der Waals surface area contributed by atoms with E-state index in [4.69, 9.17) is 0 Å². The molecular formula is C31H30O. The van der Waals surface area contributed by atoms with Crippen molar-refractivity contribution < 1.29 is 4.79 Å². The van der Waals surface area contributed by atoms with E-state index in [9.17, 15) is 4.79 Å². The highest BCUT2D eigenvalue weighted by Crippen LogP contribution is 2.40. The molecule has 0 amide bonds. The fourth-order valence-corrected chi connectivity index (χ4v) is 5.05. The lowest BCUT2D eigenvalue weighted by atomic mass is 9.71. The van der Waals surface area contributed by atoms with Crippen LogP contribution in [0, 0.1) is 10.8 Å². The van der Waals surface area contributed by atoms with E-state index < -0.39 is 0 Å². The molecule has 1 heteroatoms. The van der Waals surface area contributed by atoms with Crippen LogP contribution in [0.5, 0.6) is 0 Å². The number of Topliss-reactive ketones (excluding diaryl/α,β-unsaturated/α-hetero) is 1. The molecule has 0 aromatic heterocycles. The third-order valence-corrected chi connectivity index (χ3v) is 6.65. The van der Waals surface area contributed by atoms with Gasteiger partial charge < -0.3 is 0 Å². The average molecular weight is 419 g/mol. The molecule has 0 saturated carbocycles. The molecule has 0 spiro atoms. The summed E-state index contributed by atoms with van der Waals surface area (Å²) >= 11 is 0. The van der Waals surface area contributed by atoms with Crippen molar-refractivity contribution in [2.45, 2.75) is 41.5 Å². The predicted molar refractivity (Wildman–Crippen MR) is 138 cm³/mol. The summed E-state index contributed by atoms with van der Waals surface area (Å²) in [6.07, 6.45) is 4.30. The normalized spacial score (nSPS) is 15.6. The van der Waals surface area contributed by atoms with Gasteiger partial charge in [0.2, 0.25) is 0 Å². The SMILES string of the molecule is CC(C)(C)C1=CC(=c2c3ccccc3c3cccc4cccc2c43)C=C(C(C)(C)C)C1=O. The van der Waals surface area contributed by atoms with Gasteiger partial charge in [-0.15, -0.1) is 0 Å². The molecule has 0 saturated heterocycles. The van der Waals surface area contributed by atoms with Crippen molar-refractivity contribution in [2.24, 2.45) is 10.8 Å². The molecule has 1 aliphatic carbocycles. The van der Waals surface area contributed by atoms with E-state index in [1.165, 1.54) is 37.5 Å². The lowest BCUT2D eigenvalue weighted by Gasteiger charge is -2.31. The van der Waals surface area contributed by atoms with Crippen molar-refractivity contribution in [3.63, 3.8) is 0 Å². The summed E-state index contributed by atoms with van der Waals surface area (Å²) in [4.78, 5) is 13.5. The van der Waals surface area contributed by atoms with Gasteiger partial charge in [0.15, 0.2) is 5.78 Å². The van der Waals surface area contributed by atoms with Gasteiger partial charge in [0, 0.05) is 11.1 Å². The summed E-state index contributed by atoms with van der Waals surface area (Å²) < 4.78 is 0. The van der Waals surface area contributed by atoms with E-state index in [0.717, 1.165) is 16.7 Å². The van der Waals surface area contributed by atoms with E-state index in [1.807, 2.05) is 0 Å². The van der Waals surface area contributed by atoms with Crippen molar-refractivity contribution in [3.8, 4) is 0 Å². The van der Waals surface area contributed by atoms with Crippen LogP contribution in [-0.4, -0.2) is 5.78 Å². The lowest BCUT2D eigenvalue weighted by molar-refractivity contribution is -0.114. The van der Waals surface area contributed by atoms with Gasteiger partial charge in [0.05, 0.1) is 0 Å². The molecule has 4 aromatic carbocycles. The lowest BCUT2D eigenvalue weighted by Crippen LogP contribution is -2.28. The highest BCUT2D eigenvalue weighted by Gasteiger charge is 2.34. The van der Waals surface area contributed by atoms with Crippen LogP contribution in [-0.2, 0) is 4.79 Å². The number of hydrogen-bond donors (Lipinski definition) is 0. The van der Waals surface area contributed by atoms with Crippen molar-refractivity contribution in [1.29, 1.82) is 0 Å². The van der Waals surface area contributed by atoms with Gasteiger partial charge in [-0.2, -0.15) is 0 Å². The number of carbonyl (C=O) groups is 1. The third-order valence-electron chi connectivity index (χ3n) is 6.65. The van der Waals surface area contributed by atoms with Crippen LogP contribution in [0.2, 0.25) is 0 Å². The van der Waals surface area contributed by atoms with Crippen LogP contribution in [0.3, 0.4) is 0 Å². The standard InChI is InChI=1S/C31H30O/c1-30(2,3)25-17-20(18-26(29(25)32)31(4,5)6)28-22-14-8-7-13-21(22)23-15-9-11-19-12-10-16-24(28)27(19)23/h7-18H,1-6H3. The van der Waals surface area contributed by atoms with Gasteiger partial charge >= 0.3 is 0 Å². The topological polar surface area (TPSA) is 17.1 Å². The van der Waals surface area contributed by atoms with Gasteiger partial charge in [-0.25, -0.2) is 0 Å². The summed E-state index contributed by atoms with van der Waals surface area (Å²) in [5, 5.41) is 8.79. The Kier molecular flexibility index (Phi) is 4.47. The molecule has 0 N–H and O–H groups in total.